The highest BCUT2D eigenvalue weighted by atomic mass is 16.6. The molecule has 114 valence electrons. The topological polar surface area (TPSA) is 95.7 Å². The summed E-state index contributed by atoms with van der Waals surface area (Å²) in [5.74, 6) is -0.782. The van der Waals surface area contributed by atoms with Crippen molar-refractivity contribution in [2.45, 2.75) is 12.8 Å². The summed E-state index contributed by atoms with van der Waals surface area (Å²) in [4.78, 5) is 23.5. The van der Waals surface area contributed by atoms with Crippen LogP contribution in [0.2, 0.25) is 0 Å². The number of likely N-dealkylation sites (tertiary alicyclic amines) is 1. The number of carboxylic acid groups (broad SMARTS) is 1. The molecule has 7 heteroatoms. The fourth-order valence-corrected chi connectivity index (χ4v) is 2.68. The summed E-state index contributed by atoms with van der Waals surface area (Å²) in [5.41, 5.74) is -0.0672. The molecule has 2 rings (SSSR count). The average molecular weight is 293 g/mol. The summed E-state index contributed by atoms with van der Waals surface area (Å²) in [6.45, 7) is 2.85. The van der Waals surface area contributed by atoms with Gasteiger partial charge in [-0.15, -0.1) is 0 Å². The third-order valence-electron chi connectivity index (χ3n) is 3.74. The highest BCUT2D eigenvalue weighted by molar-refractivity contribution is 5.93. The first-order valence-corrected chi connectivity index (χ1v) is 6.91. The van der Waals surface area contributed by atoms with Crippen LogP contribution in [0.4, 0.5) is 11.4 Å². The van der Waals surface area contributed by atoms with Crippen molar-refractivity contribution in [2.24, 2.45) is 5.92 Å². The molecule has 1 unspecified atom stereocenters. The monoisotopic (exact) mass is 293 g/mol. The molecule has 0 radical (unpaired) electrons. The summed E-state index contributed by atoms with van der Waals surface area (Å²) >= 11 is 0. The van der Waals surface area contributed by atoms with Crippen LogP contribution >= 0.6 is 0 Å². The molecule has 1 heterocycles. The summed E-state index contributed by atoms with van der Waals surface area (Å²) in [5, 5.41) is 23.0. The largest absolute Gasteiger partial charge is 0.477 e. The summed E-state index contributed by atoms with van der Waals surface area (Å²) < 4.78 is 0. The normalized spacial score (nSPS) is 19.2. The Bertz CT molecular complexity index is 547. The van der Waals surface area contributed by atoms with Crippen LogP contribution in [0.3, 0.4) is 0 Å². The number of aromatic carboxylic acids is 1. The molecule has 1 atom stereocenters. The lowest BCUT2D eigenvalue weighted by Gasteiger charge is -2.30. The standard InChI is InChI=1S/C14H19N3O4/c1-16-6-2-3-10(9-16)8-15-11-4-5-13(17(20)21)12(7-11)14(18)19/h4-5,7,10,15H,2-3,6,8-9H2,1H3,(H,18,19). The first-order chi connectivity index (χ1) is 9.97. The van der Waals surface area contributed by atoms with E-state index in [9.17, 15) is 14.9 Å². The number of rotatable bonds is 5. The number of hydrogen-bond acceptors (Lipinski definition) is 5. The molecule has 7 nitrogen and oxygen atoms in total. The van der Waals surface area contributed by atoms with E-state index >= 15 is 0 Å². The van der Waals surface area contributed by atoms with Gasteiger partial charge < -0.3 is 15.3 Å². The molecule has 1 aromatic rings. The zero-order chi connectivity index (χ0) is 15.4. The van der Waals surface area contributed by atoms with E-state index in [0.29, 0.717) is 11.6 Å². The number of nitrogens with one attached hydrogen (secondary N) is 1. The first-order valence-electron chi connectivity index (χ1n) is 6.91. The Kier molecular flexibility index (Phi) is 4.74. The minimum Gasteiger partial charge on any atom is -0.477 e. The minimum atomic E-state index is -1.29. The summed E-state index contributed by atoms with van der Waals surface area (Å²) in [6.07, 6.45) is 2.29. The van der Waals surface area contributed by atoms with Crippen LogP contribution in [0.1, 0.15) is 23.2 Å². The molecule has 1 aromatic carbocycles. The lowest BCUT2D eigenvalue weighted by atomic mass is 9.98. The predicted molar refractivity (Wildman–Crippen MR) is 78.8 cm³/mol. The molecule has 1 fully saturated rings. The lowest BCUT2D eigenvalue weighted by Crippen LogP contribution is -2.35. The second-order valence-electron chi connectivity index (χ2n) is 5.45. The van der Waals surface area contributed by atoms with E-state index in [0.717, 1.165) is 32.5 Å². The average Bonchev–Trinajstić information content (AvgIpc) is 2.44. The van der Waals surface area contributed by atoms with Crippen LogP contribution in [0.15, 0.2) is 18.2 Å². The van der Waals surface area contributed by atoms with Crippen LogP contribution < -0.4 is 5.32 Å². The molecule has 0 amide bonds. The molecule has 1 aliphatic heterocycles. The summed E-state index contributed by atoms with van der Waals surface area (Å²) in [7, 11) is 2.08. The molecule has 0 spiro atoms. The smallest absolute Gasteiger partial charge is 0.342 e. The van der Waals surface area contributed by atoms with Gasteiger partial charge in [0.2, 0.25) is 0 Å². The van der Waals surface area contributed by atoms with E-state index < -0.39 is 10.9 Å². The van der Waals surface area contributed by atoms with Gasteiger partial charge in [0.05, 0.1) is 4.92 Å². The molecule has 21 heavy (non-hydrogen) atoms. The van der Waals surface area contributed by atoms with Gasteiger partial charge in [0.25, 0.3) is 5.69 Å². The van der Waals surface area contributed by atoms with E-state index in [2.05, 4.69) is 17.3 Å². The maximum atomic E-state index is 11.1. The zero-order valence-electron chi connectivity index (χ0n) is 11.9. The van der Waals surface area contributed by atoms with Gasteiger partial charge in [-0.05, 0) is 44.5 Å². The predicted octanol–water partition coefficient (Wildman–Crippen LogP) is 2.05. The van der Waals surface area contributed by atoms with Crippen LogP contribution in [-0.4, -0.2) is 47.6 Å². The van der Waals surface area contributed by atoms with Crippen molar-refractivity contribution in [3.8, 4) is 0 Å². The molecule has 0 aliphatic carbocycles. The van der Waals surface area contributed by atoms with Gasteiger partial charge in [0, 0.05) is 24.8 Å². The third-order valence-corrected chi connectivity index (χ3v) is 3.74. The number of nitro groups is 1. The van der Waals surface area contributed by atoms with Gasteiger partial charge in [-0.25, -0.2) is 4.79 Å². The molecular weight excluding hydrogens is 274 g/mol. The van der Waals surface area contributed by atoms with Crippen LogP contribution in [0.5, 0.6) is 0 Å². The number of carboxylic acids is 1. The van der Waals surface area contributed by atoms with Gasteiger partial charge >= 0.3 is 5.97 Å². The fourth-order valence-electron chi connectivity index (χ4n) is 2.68. The van der Waals surface area contributed by atoms with E-state index in [1.807, 2.05) is 0 Å². The maximum absolute atomic E-state index is 11.1. The Morgan fingerprint density at radius 1 is 1.57 bits per heavy atom. The Hall–Kier alpha value is -2.15. The number of nitro benzene ring substituents is 1. The van der Waals surface area contributed by atoms with Crippen molar-refractivity contribution in [1.82, 2.24) is 4.90 Å². The van der Waals surface area contributed by atoms with Crippen molar-refractivity contribution >= 4 is 17.3 Å². The number of carbonyl (C=O) groups is 1. The van der Waals surface area contributed by atoms with Crippen molar-refractivity contribution in [3.63, 3.8) is 0 Å². The number of anilines is 1. The Morgan fingerprint density at radius 2 is 2.33 bits per heavy atom. The van der Waals surface area contributed by atoms with Crippen molar-refractivity contribution < 1.29 is 14.8 Å². The first kappa shape index (κ1) is 15.2. The number of benzene rings is 1. The van der Waals surface area contributed by atoms with Crippen LogP contribution in [0, 0.1) is 16.0 Å². The Labute approximate surface area is 122 Å². The fraction of sp³-hybridized carbons (Fsp3) is 0.500. The molecular formula is C14H19N3O4. The molecule has 0 saturated carbocycles. The van der Waals surface area contributed by atoms with Crippen molar-refractivity contribution in [1.29, 1.82) is 0 Å². The number of piperidine rings is 1. The van der Waals surface area contributed by atoms with Crippen LogP contribution in [0.25, 0.3) is 0 Å². The Morgan fingerprint density at radius 3 is 2.95 bits per heavy atom. The second kappa shape index (κ2) is 6.53. The van der Waals surface area contributed by atoms with Gasteiger partial charge in [-0.3, -0.25) is 10.1 Å². The quantitative estimate of drug-likeness (QED) is 0.637. The zero-order valence-corrected chi connectivity index (χ0v) is 11.9. The third kappa shape index (κ3) is 3.91. The second-order valence-corrected chi connectivity index (χ2v) is 5.45. The molecule has 0 bridgehead atoms. The van der Waals surface area contributed by atoms with Crippen molar-refractivity contribution in [3.05, 3.63) is 33.9 Å². The van der Waals surface area contributed by atoms with Gasteiger partial charge in [-0.2, -0.15) is 0 Å². The highest BCUT2D eigenvalue weighted by Gasteiger charge is 2.21. The SMILES string of the molecule is CN1CCCC(CNc2ccc([N+](=O)[O-])c(C(=O)O)c2)C1. The molecule has 1 aliphatic rings. The summed E-state index contributed by atoms with van der Waals surface area (Å²) in [6, 6.07) is 4.11. The number of hydrogen-bond donors (Lipinski definition) is 2. The van der Waals surface area contributed by atoms with Gasteiger partial charge in [-0.1, -0.05) is 0 Å². The Balaban J connectivity index is 2.05. The van der Waals surface area contributed by atoms with Gasteiger partial charge in [0.15, 0.2) is 0 Å². The van der Waals surface area contributed by atoms with Crippen molar-refractivity contribution in [2.75, 3.05) is 32.0 Å². The lowest BCUT2D eigenvalue weighted by molar-refractivity contribution is -0.385. The minimum absolute atomic E-state index is 0.286. The molecule has 1 saturated heterocycles. The van der Waals surface area contributed by atoms with E-state index in [1.54, 1.807) is 6.07 Å². The van der Waals surface area contributed by atoms with Gasteiger partial charge in [0.1, 0.15) is 5.56 Å². The molecule has 0 aromatic heterocycles. The number of nitrogens with zero attached hydrogens (tertiary/aromatic N) is 2. The van der Waals surface area contributed by atoms with Crippen LogP contribution in [-0.2, 0) is 0 Å². The highest BCUT2D eigenvalue weighted by Crippen LogP contribution is 2.23. The molecule has 2 N–H and O–H groups in total. The van der Waals surface area contributed by atoms with E-state index in [-0.39, 0.29) is 11.3 Å². The van der Waals surface area contributed by atoms with E-state index in [4.69, 9.17) is 5.11 Å². The van der Waals surface area contributed by atoms with E-state index in [1.165, 1.54) is 12.1 Å². The maximum Gasteiger partial charge on any atom is 0.342 e.